The van der Waals surface area contributed by atoms with Gasteiger partial charge in [-0.25, -0.2) is 8.42 Å². The molecule has 0 spiro atoms. The molecule has 9 heteroatoms. The van der Waals surface area contributed by atoms with E-state index in [-0.39, 0.29) is 10.8 Å². The highest BCUT2D eigenvalue weighted by atomic mass is 32.2. The Morgan fingerprint density at radius 1 is 0.902 bits per heavy atom. The lowest BCUT2D eigenvalue weighted by molar-refractivity contribution is -0.110. The summed E-state index contributed by atoms with van der Waals surface area (Å²) in [5.41, 5.74) is 4.79. The first-order valence-corrected chi connectivity index (χ1v) is 15.7. The number of anilines is 2. The second-order valence-electron chi connectivity index (χ2n) is 10.8. The van der Waals surface area contributed by atoms with Gasteiger partial charge in [-0.05, 0) is 80.7 Å². The Morgan fingerprint density at radius 2 is 1.71 bits per heavy atom. The van der Waals surface area contributed by atoms with Crippen molar-refractivity contribution in [2.75, 3.05) is 42.4 Å². The molecule has 4 aromatic rings. The summed E-state index contributed by atoms with van der Waals surface area (Å²) >= 11 is 0. The summed E-state index contributed by atoms with van der Waals surface area (Å²) in [5, 5.41) is 3.93. The van der Waals surface area contributed by atoms with Gasteiger partial charge in [0.15, 0.2) is 5.76 Å². The van der Waals surface area contributed by atoms with E-state index in [2.05, 4.69) is 15.2 Å². The van der Waals surface area contributed by atoms with Gasteiger partial charge in [-0.15, -0.1) is 0 Å². The summed E-state index contributed by atoms with van der Waals surface area (Å²) in [7, 11) is -3.86. The number of aromatic amines is 1. The van der Waals surface area contributed by atoms with Crippen LogP contribution >= 0.6 is 0 Å². The first-order chi connectivity index (χ1) is 20.0. The minimum atomic E-state index is -3.86. The molecule has 1 aromatic heterocycles. The predicted octanol–water partition coefficient (Wildman–Crippen LogP) is 5.24. The number of sulfonamides is 1. The van der Waals surface area contributed by atoms with Crippen molar-refractivity contribution in [3.05, 3.63) is 89.6 Å². The molecule has 0 bridgehead atoms. The molecule has 4 heterocycles. The van der Waals surface area contributed by atoms with Gasteiger partial charge in [0.2, 0.25) is 0 Å². The number of aromatic nitrogens is 1. The molecule has 8 nitrogen and oxygen atoms in total. The number of nitrogens with zero attached hydrogens (tertiary/aromatic N) is 2. The van der Waals surface area contributed by atoms with Crippen molar-refractivity contribution < 1.29 is 17.9 Å². The molecule has 1 amide bonds. The van der Waals surface area contributed by atoms with Crippen LogP contribution in [0.2, 0.25) is 0 Å². The number of H-pyrrole nitrogens is 1. The van der Waals surface area contributed by atoms with Crippen molar-refractivity contribution in [2.45, 2.75) is 30.6 Å². The van der Waals surface area contributed by atoms with Crippen molar-refractivity contribution >= 4 is 49.5 Å². The third-order valence-electron chi connectivity index (χ3n) is 8.25. The molecule has 2 N–H and O–H groups in total. The van der Waals surface area contributed by atoms with E-state index in [9.17, 15) is 13.2 Å². The highest BCUT2D eigenvalue weighted by Crippen LogP contribution is 2.40. The second kappa shape index (κ2) is 10.4. The highest BCUT2D eigenvalue weighted by molar-refractivity contribution is 7.92. The fourth-order valence-corrected chi connectivity index (χ4v) is 7.74. The van der Waals surface area contributed by atoms with Gasteiger partial charge in [-0.1, -0.05) is 36.4 Å². The van der Waals surface area contributed by atoms with Crippen LogP contribution in [0.1, 0.15) is 36.1 Å². The standard InChI is InChI=1S/C32H32N4O4S/c37-32-30(31(40-19-18-35-15-5-6-16-35)28-20-23-9-1-3-11-26(23)33-28)25-21-24(13-14-27(25)34-32)41(38,39)36-17-7-10-22-8-2-4-12-29(22)36/h1-4,8-9,11-14,20-21,33H,5-7,10,15-19H2,(H,34,37)/b31-30+. The van der Waals surface area contributed by atoms with Crippen LogP contribution < -0.4 is 9.62 Å². The van der Waals surface area contributed by atoms with Gasteiger partial charge in [0.25, 0.3) is 15.9 Å². The summed E-state index contributed by atoms with van der Waals surface area (Å²) in [6.07, 6.45) is 3.97. The molecule has 0 aliphatic carbocycles. The van der Waals surface area contributed by atoms with E-state index < -0.39 is 10.0 Å². The monoisotopic (exact) mass is 568 g/mol. The molecule has 3 aromatic carbocycles. The quantitative estimate of drug-likeness (QED) is 0.235. The fraction of sp³-hybridized carbons (Fsp3) is 0.281. The molecule has 1 saturated heterocycles. The number of carbonyl (C=O) groups is 1. The van der Waals surface area contributed by atoms with Gasteiger partial charge in [0.1, 0.15) is 6.61 Å². The molecule has 0 saturated carbocycles. The van der Waals surface area contributed by atoms with Crippen molar-refractivity contribution in [1.82, 2.24) is 9.88 Å². The molecule has 210 valence electrons. The molecule has 7 rings (SSSR count). The number of nitrogens with one attached hydrogen (secondary N) is 2. The first-order valence-electron chi connectivity index (χ1n) is 14.2. The zero-order chi connectivity index (χ0) is 28.0. The molecular formula is C32H32N4O4S. The number of carbonyl (C=O) groups excluding carboxylic acids is 1. The minimum Gasteiger partial charge on any atom is -0.489 e. The molecule has 41 heavy (non-hydrogen) atoms. The van der Waals surface area contributed by atoms with E-state index >= 15 is 0 Å². The topological polar surface area (TPSA) is 94.7 Å². The number of rotatable bonds is 7. The number of hydrogen-bond acceptors (Lipinski definition) is 5. The predicted molar refractivity (Wildman–Crippen MR) is 161 cm³/mol. The Labute approximate surface area is 239 Å². The summed E-state index contributed by atoms with van der Waals surface area (Å²) < 4.78 is 35.8. The maximum absolute atomic E-state index is 14.0. The Kier molecular flexibility index (Phi) is 6.55. The smallest absolute Gasteiger partial charge is 0.264 e. The second-order valence-corrected chi connectivity index (χ2v) is 12.7. The van der Waals surface area contributed by atoms with E-state index in [0.717, 1.165) is 48.9 Å². The third kappa shape index (κ3) is 4.69. The number of ether oxygens (including phenoxy) is 1. The van der Waals surface area contributed by atoms with Gasteiger partial charge < -0.3 is 15.0 Å². The zero-order valence-electron chi connectivity index (χ0n) is 22.7. The Hall–Kier alpha value is -4.08. The molecule has 0 unspecified atom stereocenters. The van der Waals surface area contributed by atoms with Crippen LogP contribution in [-0.4, -0.2) is 57.0 Å². The normalized spacial score (nSPS) is 18.3. The number of benzene rings is 3. The molecule has 0 atom stereocenters. The van der Waals surface area contributed by atoms with E-state index in [4.69, 9.17) is 4.74 Å². The minimum absolute atomic E-state index is 0.148. The number of aryl methyl sites for hydroxylation is 1. The van der Waals surface area contributed by atoms with Crippen LogP contribution in [0.15, 0.2) is 77.7 Å². The van der Waals surface area contributed by atoms with Gasteiger partial charge in [0, 0.05) is 35.2 Å². The van der Waals surface area contributed by atoms with Crippen molar-refractivity contribution in [1.29, 1.82) is 0 Å². The first kappa shape index (κ1) is 25.9. The number of amides is 1. The Balaban J connectivity index is 1.31. The molecule has 3 aliphatic rings. The molecule has 0 radical (unpaired) electrons. The maximum atomic E-state index is 14.0. The number of fused-ring (bicyclic) bond motifs is 3. The number of likely N-dealkylation sites (tertiary alicyclic amines) is 1. The lowest BCUT2D eigenvalue weighted by Gasteiger charge is -2.30. The summed E-state index contributed by atoms with van der Waals surface area (Å²) in [6.45, 7) is 3.68. The van der Waals surface area contributed by atoms with Crippen molar-refractivity contribution in [3.8, 4) is 0 Å². The lowest BCUT2D eigenvalue weighted by Crippen LogP contribution is -2.35. The van der Waals surface area contributed by atoms with Gasteiger partial charge in [-0.2, -0.15) is 0 Å². The number of para-hydroxylation sites is 2. The Bertz CT molecular complexity index is 1750. The van der Waals surface area contributed by atoms with Crippen LogP contribution in [-0.2, 0) is 26.0 Å². The number of hydrogen-bond donors (Lipinski definition) is 2. The summed E-state index contributed by atoms with van der Waals surface area (Å²) in [5.74, 6) is 0.113. The van der Waals surface area contributed by atoms with Gasteiger partial charge in [0.05, 0.1) is 21.8 Å². The molecule has 3 aliphatic heterocycles. The van der Waals surface area contributed by atoms with Crippen LogP contribution in [0, 0.1) is 0 Å². The van der Waals surface area contributed by atoms with E-state index in [1.807, 2.05) is 54.6 Å². The summed E-state index contributed by atoms with van der Waals surface area (Å²) in [6, 6.07) is 22.4. The van der Waals surface area contributed by atoms with Crippen LogP contribution in [0.25, 0.3) is 22.2 Å². The van der Waals surface area contributed by atoms with E-state index in [1.54, 1.807) is 18.2 Å². The third-order valence-corrected chi connectivity index (χ3v) is 10.1. The van der Waals surface area contributed by atoms with Crippen LogP contribution in [0.5, 0.6) is 0 Å². The fourth-order valence-electron chi connectivity index (χ4n) is 6.17. The van der Waals surface area contributed by atoms with Gasteiger partial charge in [-0.3, -0.25) is 14.0 Å². The van der Waals surface area contributed by atoms with Crippen molar-refractivity contribution in [3.63, 3.8) is 0 Å². The SMILES string of the molecule is O=C1Nc2ccc(S(=O)(=O)N3CCCc4ccccc43)cc2/C1=C(\OCCN1CCCC1)c1cc2ccccc2[nH]1. The molecular weight excluding hydrogens is 536 g/mol. The Morgan fingerprint density at radius 3 is 2.56 bits per heavy atom. The summed E-state index contributed by atoms with van der Waals surface area (Å²) in [4.78, 5) is 19.4. The molecule has 1 fully saturated rings. The lowest BCUT2D eigenvalue weighted by atomic mass is 10.0. The van der Waals surface area contributed by atoms with Crippen LogP contribution in [0.4, 0.5) is 11.4 Å². The highest BCUT2D eigenvalue weighted by Gasteiger charge is 2.34. The van der Waals surface area contributed by atoms with E-state index in [0.29, 0.717) is 47.1 Å². The van der Waals surface area contributed by atoms with Crippen LogP contribution in [0.3, 0.4) is 0 Å². The van der Waals surface area contributed by atoms with Crippen molar-refractivity contribution in [2.24, 2.45) is 0 Å². The van der Waals surface area contributed by atoms with E-state index in [1.165, 1.54) is 17.1 Å². The average molecular weight is 569 g/mol. The zero-order valence-corrected chi connectivity index (χ0v) is 23.5. The largest absolute Gasteiger partial charge is 0.489 e. The van der Waals surface area contributed by atoms with Gasteiger partial charge >= 0.3 is 0 Å². The maximum Gasteiger partial charge on any atom is 0.264 e. The average Bonchev–Trinajstić information content (AvgIpc) is 3.73.